The van der Waals surface area contributed by atoms with Gasteiger partial charge < -0.3 is 9.84 Å². The molecule has 4 nitrogen and oxygen atoms in total. The molecule has 0 saturated carbocycles. The van der Waals surface area contributed by atoms with Crippen LogP contribution in [-0.2, 0) is 13.0 Å². The summed E-state index contributed by atoms with van der Waals surface area (Å²) < 4.78 is 8.18. The predicted molar refractivity (Wildman–Crippen MR) is 85.0 cm³/mol. The van der Waals surface area contributed by atoms with E-state index in [1.807, 2.05) is 40.9 Å². The first-order valence-corrected chi connectivity index (χ1v) is 7.47. The Kier molecular flexibility index (Phi) is 2.78. The molecule has 2 aromatic heterocycles. The normalized spacial score (nSPS) is 15.8. The molecule has 1 aliphatic rings. The second-order valence-electron chi connectivity index (χ2n) is 6.33. The smallest absolute Gasteiger partial charge is 0.137 e. The molecular formula is C18H18N2O2. The van der Waals surface area contributed by atoms with Gasteiger partial charge in [-0.25, -0.2) is 4.98 Å². The Bertz CT molecular complexity index is 865. The van der Waals surface area contributed by atoms with Gasteiger partial charge in [0, 0.05) is 18.2 Å². The van der Waals surface area contributed by atoms with Crippen molar-refractivity contribution in [2.75, 3.05) is 0 Å². The van der Waals surface area contributed by atoms with Crippen LogP contribution >= 0.6 is 0 Å². The van der Waals surface area contributed by atoms with Gasteiger partial charge in [0.2, 0.25) is 0 Å². The van der Waals surface area contributed by atoms with E-state index in [0.29, 0.717) is 5.69 Å². The van der Waals surface area contributed by atoms with Gasteiger partial charge in [-0.1, -0.05) is 18.2 Å². The second-order valence-corrected chi connectivity index (χ2v) is 6.33. The first-order valence-electron chi connectivity index (χ1n) is 7.47. The maximum atomic E-state index is 9.72. The lowest BCUT2D eigenvalue weighted by molar-refractivity contribution is 0.139. The third-order valence-electron chi connectivity index (χ3n) is 4.10. The number of pyridine rings is 1. The van der Waals surface area contributed by atoms with Gasteiger partial charge in [-0.3, -0.25) is 4.40 Å². The number of imidazole rings is 1. The van der Waals surface area contributed by atoms with Crippen LogP contribution in [0.3, 0.4) is 0 Å². The van der Waals surface area contributed by atoms with E-state index in [2.05, 4.69) is 24.9 Å². The zero-order chi connectivity index (χ0) is 15.3. The molecule has 0 atom stereocenters. The number of aromatic nitrogens is 2. The first-order chi connectivity index (χ1) is 10.6. The van der Waals surface area contributed by atoms with Crippen LogP contribution in [0.2, 0.25) is 0 Å². The molecule has 4 heteroatoms. The molecule has 0 unspecified atom stereocenters. The summed E-state index contributed by atoms with van der Waals surface area (Å²) >= 11 is 0. The van der Waals surface area contributed by atoms with Gasteiger partial charge in [0.25, 0.3) is 0 Å². The minimum absolute atomic E-state index is 0.0932. The molecule has 0 amide bonds. The van der Waals surface area contributed by atoms with Crippen molar-refractivity contribution in [1.82, 2.24) is 9.38 Å². The lowest BCUT2D eigenvalue weighted by Gasteiger charge is -2.18. The monoisotopic (exact) mass is 294 g/mol. The summed E-state index contributed by atoms with van der Waals surface area (Å²) in [4.78, 5) is 4.53. The molecule has 1 N–H and O–H groups in total. The van der Waals surface area contributed by atoms with Crippen LogP contribution in [0, 0.1) is 0 Å². The Morgan fingerprint density at radius 3 is 2.91 bits per heavy atom. The Morgan fingerprint density at radius 2 is 2.09 bits per heavy atom. The summed E-state index contributed by atoms with van der Waals surface area (Å²) in [6.45, 7) is 4.10. The van der Waals surface area contributed by atoms with Gasteiger partial charge in [-0.15, -0.1) is 0 Å². The predicted octanol–water partition coefficient (Wildman–Crippen LogP) is 3.21. The van der Waals surface area contributed by atoms with Gasteiger partial charge in [0.15, 0.2) is 0 Å². The molecule has 1 aliphatic heterocycles. The number of hydrogen-bond acceptors (Lipinski definition) is 3. The topological polar surface area (TPSA) is 46.8 Å². The van der Waals surface area contributed by atoms with Crippen LogP contribution in [0.15, 0.2) is 42.6 Å². The number of nitrogens with zero attached hydrogens (tertiary/aromatic N) is 2. The molecule has 112 valence electrons. The molecule has 0 bridgehead atoms. The summed E-state index contributed by atoms with van der Waals surface area (Å²) in [6.07, 6.45) is 2.86. The fraction of sp³-hybridized carbons (Fsp3) is 0.278. The number of para-hydroxylation sites is 1. The molecule has 3 aromatic rings. The molecular weight excluding hydrogens is 276 g/mol. The lowest BCUT2D eigenvalue weighted by atomic mass is 9.99. The maximum Gasteiger partial charge on any atom is 0.137 e. The first kappa shape index (κ1) is 13.3. The third kappa shape index (κ3) is 1.91. The summed E-state index contributed by atoms with van der Waals surface area (Å²) in [6, 6.07) is 12.0. The van der Waals surface area contributed by atoms with Crippen molar-refractivity contribution in [3.8, 4) is 17.0 Å². The fourth-order valence-electron chi connectivity index (χ4n) is 3.24. The van der Waals surface area contributed by atoms with Crippen LogP contribution in [0.4, 0.5) is 0 Å². The van der Waals surface area contributed by atoms with Crippen molar-refractivity contribution in [2.24, 2.45) is 0 Å². The molecule has 1 aromatic carbocycles. The van der Waals surface area contributed by atoms with Crippen molar-refractivity contribution >= 4 is 5.65 Å². The Balaban J connectivity index is 2.00. The minimum Gasteiger partial charge on any atom is -0.487 e. The van der Waals surface area contributed by atoms with Crippen molar-refractivity contribution in [3.63, 3.8) is 0 Å². The number of rotatable bonds is 2. The number of aliphatic hydroxyl groups excluding tert-OH is 1. The van der Waals surface area contributed by atoms with E-state index in [4.69, 9.17) is 4.74 Å². The molecule has 0 radical (unpaired) electrons. The Morgan fingerprint density at radius 1 is 1.23 bits per heavy atom. The molecule has 22 heavy (non-hydrogen) atoms. The van der Waals surface area contributed by atoms with Gasteiger partial charge in [0.05, 0.1) is 18.0 Å². The van der Waals surface area contributed by atoms with Crippen molar-refractivity contribution in [2.45, 2.75) is 32.5 Å². The Labute approximate surface area is 129 Å². The maximum absolute atomic E-state index is 9.72. The summed E-state index contributed by atoms with van der Waals surface area (Å²) in [7, 11) is 0. The van der Waals surface area contributed by atoms with Crippen molar-refractivity contribution in [1.29, 1.82) is 0 Å². The van der Waals surface area contributed by atoms with E-state index in [-0.39, 0.29) is 12.2 Å². The van der Waals surface area contributed by atoms with Gasteiger partial charge in [-0.05, 0) is 37.6 Å². The highest BCUT2D eigenvalue weighted by atomic mass is 16.5. The van der Waals surface area contributed by atoms with E-state index in [9.17, 15) is 5.11 Å². The average molecular weight is 294 g/mol. The summed E-state index contributed by atoms with van der Waals surface area (Å²) in [5, 5.41) is 9.72. The largest absolute Gasteiger partial charge is 0.487 e. The van der Waals surface area contributed by atoms with E-state index < -0.39 is 0 Å². The highest BCUT2D eigenvalue weighted by Gasteiger charge is 2.33. The number of hydrogen-bond donors (Lipinski definition) is 1. The number of benzene rings is 1. The average Bonchev–Trinajstić information content (AvgIpc) is 3.02. The highest BCUT2D eigenvalue weighted by Crippen LogP contribution is 2.43. The van der Waals surface area contributed by atoms with Gasteiger partial charge in [0.1, 0.15) is 17.0 Å². The Hall–Kier alpha value is -2.33. The van der Waals surface area contributed by atoms with E-state index in [1.165, 1.54) is 5.56 Å². The van der Waals surface area contributed by atoms with E-state index in [0.717, 1.165) is 29.1 Å². The zero-order valence-electron chi connectivity index (χ0n) is 12.7. The van der Waals surface area contributed by atoms with Gasteiger partial charge in [-0.2, -0.15) is 0 Å². The molecule has 0 saturated heterocycles. The zero-order valence-corrected chi connectivity index (χ0v) is 12.7. The third-order valence-corrected chi connectivity index (χ3v) is 4.10. The SMILES string of the molecule is CC1(C)Cc2cccc(-c3c(CO)nc4ccccn34)c2O1. The molecule has 0 spiro atoms. The van der Waals surface area contributed by atoms with Crippen molar-refractivity contribution < 1.29 is 9.84 Å². The van der Waals surface area contributed by atoms with Crippen LogP contribution in [-0.4, -0.2) is 20.1 Å². The van der Waals surface area contributed by atoms with Crippen LogP contribution < -0.4 is 4.74 Å². The minimum atomic E-state index is -0.196. The number of ether oxygens (including phenoxy) is 1. The molecule has 0 fully saturated rings. The summed E-state index contributed by atoms with van der Waals surface area (Å²) in [5.41, 5.74) is 4.42. The fourth-order valence-corrected chi connectivity index (χ4v) is 3.24. The summed E-state index contributed by atoms with van der Waals surface area (Å²) in [5.74, 6) is 0.910. The molecule has 4 rings (SSSR count). The van der Waals surface area contributed by atoms with Crippen LogP contribution in [0.1, 0.15) is 25.1 Å². The number of aliphatic hydroxyl groups is 1. The van der Waals surface area contributed by atoms with Crippen LogP contribution in [0.5, 0.6) is 5.75 Å². The van der Waals surface area contributed by atoms with E-state index >= 15 is 0 Å². The van der Waals surface area contributed by atoms with E-state index in [1.54, 1.807) is 0 Å². The van der Waals surface area contributed by atoms with Crippen molar-refractivity contribution in [3.05, 3.63) is 53.9 Å². The molecule has 3 heterocycles. The number of fused-ring (bicyclic) bond motifs is 2. The van der Waals surface area contributed by atoms with Crippen LogP contribution in [0.25, 0.3) is 16.9 Å². The highest BCUT2D eigenvalue weighted by molar-refractivity contribution is 5.75. The molecule has 0 aliphatic carbocycles. The second kappa shape index (κ2) is 4.58. The quantitative estimate of drug-likeness (QED) is 0.789. The van der Waals surface area contributed by atoms with Gasteiger partial charge >= 0.3 is 0 Å². The lowest BCUT2D eigenvalue weighted by Crippen LogP contribution is -2.24. The standard InChI is InChI=1S/C18H18N2O2/c1-18(2)10-12-6-5-7-13(17(12)22-18)16-14(11-21)19-15-8-3-4-9-20(15)16/h3-9,21H,10-11H2,1-2H3.